The Balaban J connectivity index is 1.30. The summed E-state index contributed by atoms with van der Waals surface area (Å²) in [6, 6.07) is 15.6. The van der Waals surface area contributed by atoms with Gasteiger partial charge in [0, 0.05) is 23.3 Å². The summed E-state index contributed by atoms with van der Waals surface area (Å²) in [6.07, 6.45) is 1.82. The third-order valence-corrected chi connectivity index (χ3v) is 5.82. The molecule has 3 heterocycles. The van der Waals surface area contributed by atoms with Crippen LogP contribution in [0.2, 0.25) is 0 Å². The SMILES string of the molecule is CC(=O)NCc1ccc(-c2csc(NC(=O)Cc3coc4ccc5ccccc5c34)n2)o1. The molecule has 2 amide bonds. The van der Waals surface area contributed by atoms with Gasteiger partial charge in [0.15, 0.2) is 10.9 Å². The van der Waals surface area contributed by atoms with Gasteiger partial charge in [0.2, 0.25) is 11.8 Å². The number of nitrogens with one attached hydrogen (secondary N) is 2. The van der Waals surface area contributed by atoms with Crippen LogP contribution in [0.4, 0.5) is 5.13 Å². The molecule has 0 bridgehead atoms. The summed E-state index contributed by atoms with van der Waals surface area (Å²) in [4.78, 5) is 28.2. The quantitative estimate of drug-likeness (QED) is 0.378. The third kappa shape index (κ3) is 4.00. The minimum absolute atomic E-state index is 0.125. The van der Waals surface area contributed by atoms with E-state index in [0.717, 1.165) is 27.3 Å². The molecule has 3 aromatic heterocycles. The lowest BCUT2D eigenvalue weighted by molar-refractivity contribution is -0.119. The third-order valence-electron chi connectivity index (χ3n) is 5.07. The van der Waals surface area contributed by atoms with E-state index >= 15 is 0 Å². The maximum atomic E-state index is 12.7. The maximum absolute atomic E-state index is 12.7. The molecule has 8 heteroatoms. The highest BCUT2D eigenvalue weighted by Gasteiger charge is 2.15. The molecule has 5 aromatic rings. The molecule has 0 saturated heterocycles. The molecule has 0 atom stereocenters. The Morgan fingerprint density at radius 1 is 1.09 bits per heavy atom. The van der Waals surface area contributed by atoms with Crippen LogP contribution in [0.15, 0.2) is 69.0 Å². The van der Waals surface area contributed by atoms with Gasteiger partial charge in [-0.25, -0.2) is 4.98 Å². The highest BCUT2D eigenvalue weighted by molar-refractivity contribution is 7.14. The second-order valence-electron chi connectivity index (χ2n) is 7.36. The second-order valence-corrected chi connectivity index (χ2v) is 8.22. The van der Waals surface area contributed by atoms with E-state index in [4.69, 9.17) is 8.83 Å². The predicted molar refractivity (Wildman–Crippen MR) is 123 cm³/mol. The number of hydrogen-bond acceptors (Lipinski definition) is 6. The van der Waals surface area contributed by atoms with Crippen LogP contribution in [-0.4, -0.2) is 16.8 Å². The number of fused-ring (bicyclic) bond motifs is 3. The summed E-state index contributed by atoms with van der Waals surface area (Å²) in [6.45, 7) is 1.77. The van der Waals surface area contributed by atoms with Crippen molar-refractivity contribution in [3.8, 4) is 11.5 Å². The van der Waals surface area contributed by atoms with Crippen LogP contribution in [0.5, 0.6) is 0 Å². The minimum atomic E-state index is -0.174. The van der Waals surface area contributed by atoms with Crippen molar-refractivity contribution in [2.75, 3.05) is 5.32 Å². The van der Waals surface area contributed by atoms with Crippen LogP contribution in [0.1, 0.15) is 18.2 Å². The Morgan fingerprint density at radius 3 is 2.84 bits per heavy atom. The number of rotatable bonds is 6. The Hall–Kier alpha value is -3.91. The molecule has 0 aliphatic rings. The number of carbonyl (C=O) groups is 2. The van der Waals surface area contributed by atoms with Crippen LogP contribution in [0.3, 0.4) is 0 Å². The number of anilines is 1. The number of carbonyl (C=O) groups excluding carboxylic acids is 2. The lowest BCUT2D eigenvalue weighted by Crippen LogP contribution is -2.18. The van der Waals surface area contributed by atoms with E-state index < -0.39 is 0 Å². The number of hydrogen-bond donors (Lipinski definition) is 2. The molecular formula is C24H19N3O4S. The summed E-state index contributed by atoms with van der Waals surface area (Å²) >= 11 is 1.32. The van der Waals surface area contributed by atoms with Crippen LogP contribution in [0.25, 0.3) is 33.2 Å². The Kier molecular flexibility index (Phi) is 5.20. The molecule has 0 spiro atoms. The van der Waals surface area contributed by atoms with Gasteiger partial charge < -0.3 is 19.5 Å². The summed E-state index contributed by atoms with van der Waals surface area (Å²) in [5.41, 5.74) is 2.22. The van der Waals surface area contributed by atoms with Crippen LogP contribution in [0, 0.1) is 0 Å². The molecule has 0 saturated carbocycles. The topological polar surface area (TPSA) is 97.4 Å². The maximum Gasteiger partial charge on any atom is 0.230 e. The summed E-state index contributed by atoms with van der Waals surface area (Å²) in [7, 11) is 0. The molecule has 0 unspecified atom stereocenters. The minimum Gasteiger partial charge on any atom is -0.464 e. The Labute approximate surface area is 187 Å². The van der Waals surface area contributed by atoms with Crippen molar-refractivity contribution in [1.29, 1.82) is 0 Å². The molecule has 0 aliphatic heterocycles. The van der Waals surface area contributed by atoms with Crippen molar-refractivity contribution in [1.82, 2.24) is 10.3 Å². The first-order valence-corrected chi connectivity index (χ1v) is 10.9. The zero-order valence-electron chi connectivity index (χ0n) is 17.2. The molecule has 2 aromatic carbocycles. The van der Waals surface area contributed by atoms with Crippen LogP contribution >= 0.6 is 11.3 Å². The number of furan rings is 2. The number of aromatic nitrogens is 1. The number of nitrogens with zero attached hydrogens (tertiary/aromatic N) is 1. The number of thiazole rings is 1. The van der Waals surface area contributed by atoms with E-state index in [0.29, 0.717) is 28.9 Å². The van der Waals surface area contributed by atoms with Gasteiger partial charge in [0.05, 0.1) is 19.2 Å². The lowest BCUT2D eigenvalue weighted by atomic mass is 10.0. The Morgan fingerprint density at radius 2 is 1.97 bits per heavy atom. The standard InChI is InChI=1S/C24H19N3O4S/c1-14(28)25-11-17-7-9-20(31-17)19-13-32-24(26-19)27-22(29)10-16-12-30-21-8-6-15-4-2-3-5-18(15)23(16)21/h2-9,12-13H,10-11H2,1H3,(H,25,28)(H,26,27,29). The van der Waals surface area contributed by atoms with E-state index in [1.54, 1.807) is 18.4 Å². The van der Waals surface area contributed by atoms with E-state index in [2.05, 4.69) is 15.6 Å². The van der Waals surface area contributed by atoms with Crippen LogP contribution < -0.4 is 10.6 Å². The largest absolute Gasteiger partial charge is 0.464 e. The van der Waals surface area contributed by atoms with Gasteiger partial charge in [-0.2, -0.15) is 0 Å². The average molecular weight is 446 g/mol. The first kappa shape index (κ1) is 20.0. The molecule has 32 heavy (non-hydrogen) atoms. The number of amides is 2. The zero-order chi connectivity index (χ0) is 22.1. The molecule has 0 fully saturated rings. The predicted octanol–water partition coefficient (Wildman–Crippen LogP) is 5.12. The number of benzene rings is 2. The fraction of sp³-hybridized carbons (Fsp3) is 0.125. The van der Waals surface area contributed by atoms with E-state index in [1.807, 2.05) is 41.8 Å². The van der Waals surface area contributed by atoms with E-state index in [-0.39, 0.29) is 18.2 Å². The van der Waals surface area contributed by atoms with Gasteiger partial charge in [-0.1, -0.05) is 30.3 Å². The van der Waals surface area contributed by atoms with Gasteiger partial charge in [-0.05, 0) is 29.0 Å². The van der Waals surface area contributed by atoms with Crippen molar-refractivity contribution in [2.45, 2.75) is 19.9 Å². The molecule has 0 radical (unpaired) electrons. The fourth-order valence-electron chi connectivity index (χ4n) is 3.61. The summed E-state index contributed by atoms with van der Waals surface area (Å²) in [5.74, 6) is 0.912. The van der Waals surface area contributed by atoms with Crippen molar-refractivity contribution < 1.29 is 18.4 Å². The second kappa shape index (κ2) is 8.32. The van der Waals surface area contributed by atoms with Gasteiger partial charge in [-0.15, -0.1) is 11.3 Å². The fourth-order valence-corrected chi connectivity index (χ4v) is 4.32. The van der Waals surface area contributed by atoms with E-state index in [9.17, 15) is 9.59 Å². The Bertz CT molecular complexity index is 1450. The van der Waals surface area contributed by atoms with Crippen molar-refractivity contribution in [2.24, 2.45) is 0 Å². The normalized spacial score (nSPS) is 11.2. The zero-order valence-corrected chi connectivity index (χ0v) is 18.0. The van der Waals surface area contributed by atoms with Crippen molar-refractivity contribution in [3.63, 3.8) is 0 Å². The molecule has 2 N–H and O–H groups in total. The summed E-state index contributed by atoms with van der Waals surface area (Å²) in [5, 5.41) is 11.0. The molecule has 0 aliphatic carbocycles. The summed E-state index contributed by atoms with van der Waals surface area (Å²) < 4.78 is 11.4. The van der Waals surface area contributed by atoms with Crippen LogP contribution in [-0.2, 0) is 22.6 Å². The monoisotopic (exact) mass is 445 g/mol. The molecule has 5 rings (SSSR count). The first-order chi connectivity index (χ1) is 15.6. The molecule has 7 nitrogen and oxygen atoms in total. The van der Waals surface area contributed by atoms with Gasteiger partial charge >= 0.3 is 0 Å². The lowest BCUT2D eigenvalue weighted by Gasteiger charge is -2.03. The van der Waals surface area contributed by atoms with Gasteiger partial charge in [0.1, 0.15) is 17.0 Å². The average Bonchev–Trinajstić information content (AvgIpc) is 3.52. The van der Waals surface area contributed by atoms with E-state index in [1.165, 1.54) is 18.3 Å². The molecular weight excluding hydrogens is 426 g/mol. The first-order valence-electron chi connectivity index (χ1n) is 10.0. The highest BCUT2D eigenvalue weighted by Crippen LogP contribution is 2.31. The highest BCUT2D eigenvalue weighted by atomic mass is 32.1. The van der Waals surface area contributed by atoms with Gasteiger partial charge in [-0.3, -0.25) is 9.59 Å². The van der Waals surface area contributed by atoms with Crippen molar-refractivity contribution >= 4 is 50.0 Å². The molecule has 160 valence electrons. The smallest absolute Gasteiger partial charge is 0.230 e. The van der Waals surface area contributed by atoms with Crippen molar-refractivity contribution in [3.05, 3.63) is 71.5 Å². The van der Waals surface area contributed by atoms with Gasteiger partial charge in [0.25, 0.3) is 0 Å².